The lowest BCUT2D eigenvalue weighted by Gasteiger charge is -2.30. The van der Waals surface area contributed by atoms with Crippen LogP contribution < -0.4 is 14.8 Å². The van der Waals surface area contributed by atoms with Crippen molar-refractivity contribution >= 4 is 11.6 Å². The number of anilines is 1. The molecule has 2 aliphatic rings. The van der Waals surface area contributed by atoms with Gasteiger partial charge in [-0.25, -0.2) is 4.98 Å². The Morgan fingerprint density at radius 3 is 2.77 bits per heavy atom. The Hall–Kier alpha value is -3.66. The van der Waals surface area contributed by atoms with Crippen LogP contribution in [0.25, 0.3) is 5.65 Å². The summed E-state index contributed by atoms with van der Waals surface area (Å²) in [4.78, 5) is 7.93. The van der Waals surface area contributed by atoms with Crippen LogP contribution in [0.2, 0.25) is 0 Å². The van der Waals surface area contributed by atoms with Crippen LogP contribution in [0.1, 0.15) is 48.6 Å². The Kier molecular flexibility index (Phi) is 6.06. The molecule has 13 heteroatoms. The SMILES string of the molecule is COc1cn2c([C@H]3CCC[C@@H](Nc4ncc(C(F)(F)F)c(OC5COC5)n4)C3)nnc2cc1C#N. The number of pyridine rings is 1. The van der Waals surface area contributed by atoms with E-state index in [-0.39, 0.29) is 31.1 Å². The minimum atomic E-state index is -4.63. The van der Waals surface area contributed by atoms with Crippen LogP contribution in [0.15, 0.2) is 18.5 Å². The second kappa shape index (κ2) is 9.18. The van der Waals surface area contributed by atoms with E-state index in [9.17, 15) is 18.4 Å². The zero-order valence-corrected chi connectivity index (χ0v) is 18.7. The standard InChI is InChI=1S/C22H22F3N7O3/c1-33-17-9-32-18(6-13(17)7-26)30-31-19(32)12-3-2-4-14(5-12)28-21-27-8-16(22(23,24)25)20(29-21)35-15-10-34-11-15/h6,8-9,12,14-15H,2-5,10-11H2,1H3,(H,27,28,29)/t12-,14+/m0/s1. The van der Waals surface area contributed by atoms with E-state index >= 15 is 0 Å². The molecule has 0 radical (unpaired) electrons. The average molecular weight is 489 g/mol. The first kappa shape index (κ1) is 23.1. The summed E-state index contributed by atoms with van der Waals surface area (Å²) in [5.74, 6) is 0.765. The minimum absolute atomic E-state index is 0.0335. The molecule has 0 spiro atoms. The largest absolute Gasteiger partial charge is 0.494 e. The molecule has 1 saturated heterocycles. The Balaban J connectivity index is 1.35. The number of hydrogen-bond acceptors (Lipinski definition) is 9. The molecule has 1 saturated carbocycles. The highest BCUT2D eigenvalue weighted by Gasteiger charge is 2.38. The van der Waals surface area contributed by atoms with E-state index in [4.69, 9.17) is 14.2 Å². The molecular formula is C22H22F3N7O3. The summed E-state index contributed by atoms with van der Waals surface area (Å²) in [7, 11) is 1.49. The van der Waals surface area contributed by atoms with Crippen LogP contribution in [0.5, 0.6) is 11.6 Å². The quantitative estimate of drug-likeness (QED) is 0.556. The predicted octanol–water partition coefficient (Wildman–Crippen LogP) is 3.33. The van der Waals surface area contributed by atoms with Crippen LogP contribution in [0.3, 0.4) is 0 Å². The van der Waals surface area contributed by atoms with Crippen LogP contribution in [0, 0.1) is 11.3 Å². The zero-order chi connectivity index (χ0) is 24.6. The Morgan fingerprint density at radius 1 is 1.26 bits per heavy atom. The van der Waals surface area contributed by atoms with Crippen molar-refractivity contribution in [3.05, 3.63) is 35.4 Å². The molecule has 3 aromatic heterocycles. The summed E-state index contributed by atoms with van der Waals surface area (Å²) in [5, 5.41) is 21.0. The fourth-order valence-electron chi connectivity index (χ4n) is 4.36. The molecule has 0 aromatic carbocycles. The molecule has 0 bridgehead atoms. The van der Waals surface area contributed by atoms with Gasteiger partial charge in [0, 0.05) is 24.2 Å². The number of nitriles is 1. The number of alkyl halides is 3. The summed E-state index contributed by atoms with van der Waals surface area (Å²) in [6.07, 6.45) is 0.543. The van der Waals surface area contributed by atoms with Crippen molar-refractivity contribution in [1.29, 1.82) is 5.26 Å². The van der Waals surface area contributed by atoms with E-state index in [0.29, 0.717) is 23.4 Å². The number of hydrogen-bond donors (Lipinski definition) is 1. The third kappa shape index (κ3) is 4.66. The third-order valence-corrected chi connectivity index (χ3v) is 6.19. The van der Waals surface area contributed by atoms with Crippen molar-refractivity contribution in [3.8, 4) is 17.7 Å². The van der Waals surface area contributed by atoms with Gasteiger partial charge in [-0.05, 0) is 19.3 Å². The van der Waals surface area contributed by atoms with E-state index in [1.165, 1.54) is 7.11 Å². The number of nitrogens with zero attached hydrogens (tertiary/aromatic N) is 6. The molecule has 0 unspecified atom stereocenters. The van der Waals surface area contributed by atoms with Gasteiger partial charge in [-0.3, -0.25) is 4.40 Å². The normalized spacial score (nSPS) is 20.8. The lowest BCUT2D eigenvalue weighted by molar-refractivity contribution is -0.142. The van der Waals surface area contributed by atoms with Crippen molar-refractivity contribution in [2.45, 2.75) is 49.9 Å². The highest BCUT2D eigenvalue weighted by Crippen LogP contribution is 2.37. The molecule has 1 aliphatic heterocycles. The van der Waals surface area contributed by atoms with Gasteiger partial charge < -0.3 is 19.5 Å². The van der Waals surface area contributed by atoms with E-state index in [0.717, 1.165) is 31.3 Å². The van der Waals surface area contributed by atoms with Gasteiger partial charge in [0.1, 0.15) is 23.6 Å². The number of halogens is 3. The molecule has 2 fully saturated rings. The first-order valence-corrected chi connectivity index (χ1v) is 11.1. The van der Waals surface area contributed by atoms with Gasteiger partial charge >= 0.3 is 6.18 Å². The van der Waals surface area contributed by atoms with Crippen LogP contribution in [-0.2, 0) is 10.9 Å². The molecule has 0 amide bonds. The lowest BCUT2D eigenvalue weighted by Crippen LogP contribution is -2.39. The van der Waals surface area contributed by atoms with Crippen molar-refractivity contribution in [3.63, 3.8) is 0 Å². The summed E-state index contributed by atoms with van der Waals surface area (Å²) >= 11 is 0. The number of rotatable bonds is 6. The average Bonchev–Trinajstić information content (AvgIpc) is 3.23. The maximum atomic E-state index is 13.4. The topological polar surface area (TPSA) is 119 Å². The fraction of sp³-hybridized carbons (Fsp3) is 0.500. The number of nitrogens with one attached hydrogen (secondary N) is 1. The second-order valence-electron chi connectivity index (χ2n) is 8.55. The Labute approximate surface area is 198 Å². The number of methoxy groups -OCH3 is 1. The van der Waals surface area contributed by atoms with Gasteiger partial charge in [0.15, 0.2) is 11.4 Å². The molecule has 1 N–H and O–H groups in total. The molecule has 4 heterocycles. The smallest absolute Gasteiger partial charge is 0.423 e. The number of aromatic nitrogens is 5. The van der Waals surface area contributed by atoms with Crippen LogP contribution in [-0.4, -0.2) is 57.0 Å². The van der Waals surface area contributed by atoms with Crippen LogP contribution in [0.4, 0.5) is 19.1 Å². The molecule has 10 nitrogen and oxygen atoms in total. The number of ether oxygens (including phenoxy) is 3. The molecule has 184 valence electrons. The molecule has 2 atom stereocenters. The molecule has 5 rings (SSSR count). The molecular weight excluding hydrogens is 467 g/mol. The summed E-state index contributed by atoms with van der Waals surface area (Å²) in [6, 6.07) is 3.62. The first-order chi connectivity index (χ1) is 16.9. The second-order valence-corrected chi connectivity index (χ2v) is 8.55. The van der Waals surface area contributed by atoms with E-state index in [1.807, 2.05) is 4.40 Å². The summed E-state index contributed by atoms with van der Waals surface area (Å²) in [6.45, 7) is 0.447. The van der Waals surface area contributed by atoms with Crippen molar-refractivity contribution < 1.29 is 27.4 Å². The minimum Gasteiger partial charge on any atom is -0.494 e. The maximum Gasteiger partial charge on any atom is 0.423 e. The van der Waals surface area contributed by atoms with Crippen molar-refractivity contribution in [1.82, 2.24) is 24.6 Å². The van der Waals surface area contributed by atoms with Gasteiger partial charge in [-0.1, -0.05) is 6.42 Å². The van der Waals surface area contributed by atoms with Gasteiger partial charge in [0.2, 0.25) is 11.8 Å². The third-order valence-electron chi connectivity index (χ3n) is 6.19. The summed E-state index contributed by atoms with van der Waals surface area (Å²) in [5.41, 5.74) is -0.106. The lowest BCUT2D eigenvalue weighted by atomic mass is 9.85. The maximum absolute atomic E-state index is 13.4. The molecule has 3 aromatic rings. The van der Waals surface area contributed by atoms with Gasteiger partial charge in [-0.2, -0.15) is 23.4 Å². The van der Waals surface area contributed by atoms with E-state index in [1.54, 1.807) is 12.3 Å². The number of fused-ring (bicyclic) bond motifs is 1. The van der Waals surface area contributed by atoms with Crippen molar-refractivity contribution in [2.75, 3.05) is 25.6 Å². The molecule has 35 heavy (non-hydrogen) atoms. The Bertz CT molecular complexity index is 1270. The van der Waals surface area contributed by atoms with Gasteiger partial charge in [0.25, 0.3) is 0 Å². The fourth-order valence-corrected chi connectivity index (χ4v) is 4.36. The van der Waals surface area contributed by atoms with Gasteiger partial charge in [0.05, 0.1) is 32.1 Å². The Morgan fingerprint density at radius 2 is 2.09 bits per heavy atom. The predicted molar refractivity (Wildman–Crippen MR) is 115 cm³/mol. The molecule has 1 aliphatic carbocycles. The van der Waals surface area contributed by atoms with E-state index in [2.05, 4.69) is 31.6 Å². The zero-order valence-electron chi connectivity index (χ0n) is 18.7. The first-order valence-electron chi connectivity index (χ1n) is 11.1. The van der Waals surface area contributed by atoms with E-state index < -0.39 is 23.7 Å². The van der Waals surface area contributed by atoms with Crippen molar-refractivity contribution in [2.24, 2.45) is 0 Å². The highest BCUT2D eigenvalue weighted by molar-refractivity contribution is 5.53. The summed E-state index contributed by atoms with van der Waals surface area (Å²) < 4.78 is 57.7. The monoisotopic (exact) mass is 489 g/mol. The highest BCUT2D eigenvalue weighted by atomic mass is 19.4. The van der Waals surface area contributed by atoms with Crippen LogP contribution >= 0.6 is 0 Å². The van der Waals surface area contributed by atoms with Gasteiger partial charge in [-0.15, -0.1) is 10.2 Å².